The van der Waals surface area contributed by atoms with Crippen LogP contribution in [0, 0.1) is 6.92 Å². The summed E-state index contributed by atoms with van der Waals surface area (Å²) in [6.07, 6.45) is 0. The van der Waals surface area contributed by atoms with E-state index in [0.29, 0.717) is 16.4 Å². The van der Waals surface area contributed by atoms with E-state index in [1.165, 1.54) is 14.1 Å². The van der Waals surface area contributed by atoms with E-state index < -0.39 is 17.1 Å². The number of halogens is 1. The summed E-state index contributed by atoms with van der Waals surface area (Å²) in [6, 6.07) is 14.0. The number of nitrogens with zero attached hydrogens (tertiary/aromatic N) is 3. The molecule has 0 spiro atoms. The van der Waals surface area contributed by atoms with Gasteiger partial charge in [0.25, 0.3) is 5.56 Å². The lowest BCUT2D eigenvalue weighted by molar-refractivity contribution is -0.113. The molecule has 1 heterocycles. The van der Waals surface area contributed by atoms with Crippen molar-refractivity contribution in [2.45, 2.75) is 6.92 Å². The topological polar surface area (TPSA) is 106 Å². The van der Waals surface area contributed by atoms with Gasteiger partial charge in [0.1, 0.15) is 10.6 Å². The third-order valence-electron chi connectivity index (χ3n) is 4.63. The normalized spacial score (nSPS) is 11.4. The van der Waals surface area contributed by atoms with Crippen LogP contribution in [0.3, 0.4) is 0 Å². The molecule has 1 aromatic heterocycles. The van der Waals surface area contributed by atoms with Crippen molar-refractivity contribution in [1.82, 2.24) is 9.13 Å². The molecular formula is C22H21ClN4O4S. The molecule has 166 valence electrons. The number of aryl methyl sites for hydroxylation is 1. The summed E-state index contributed by atoms with van der Waals surface area (Å²) in [7, 11) is 2.66. The molecule has 3 rings (SSSR count). The Bertz CT molecular complexity index is 1320. The molecule has 0 aliphatic carbocycles. The Balaban J connectivity index is 1.94. The maximum absolute atomic E-state index is 12.8. The Morgan fingerprint density at radius 2 is 1.81 bits per heavy atom. The van der Waals surface area contributed by atoms with E-state index in [1.807, 2.05) is 13.0 Å². The largest absolute Gasteiger partial charge is 0.494 e. The zero-order valence-corrected chi connectivity index (χ0v) is 19.2. The zero-order chi connectivity index (χ0) is 23.4. The maximum atomic E-state index is 12.8. The zero-order valence-electron chi connectivity index (χ0n) is 17.6. The van der Waals surface area contributed by atoms with Crippen LogP contribution in [0.2, 0.25) is 5.02 Å². The van der Waals surface area contributed by atoms with Crippen LogP contribution in [0.25, 0.3) is 0 Å². The first kappa shape index (κ1) is 23.4. The third kappa shape index (κ3) is 5.12. The second kappa shape index (κ2) is 9.88. The van der Waals surface area contributed by atoms with Gasteiger partial charge in [-0.2, -0.15) is 0 Å². The summed E-state index contributed by atoms with van der Waals surface area (Å²) in [6.45, 7) is 1.86. The molecule has 32 heavy (non-hydrogen) atoms. The van der Waals surface area contributed by atoms with Crippen molar-refractivity contribution in [3.63, 3.8) is 0 Å². The number of rotatable bonds is 5. The predicted molar refractivity (Wildman–Crippen MR) is 129 cm³/mol. The molecule has 0 atom stereocenters. The molecule has 3 aromatic rings. The van der Waals surface area contributed by atoms with Crippen molar-refractivity contribution in [2.24, 2.45) is 19.1 Å². The summed E-state index contributed by atoms with van der Waals surface area (Å²) in [5.41, 5.74) is 0.407. The van der Waals surface area contributed by atoms with Gasteiger partial charge in [0.15, 0.2) is 0 Å². The average Bonchev–Trinajstić information content (AvgIpc) is 2.78. The van der Waals surface area contributed by atoms with Gasteiger partial charge >= 0.3 is 5.69 Å². The van der Waals surface area contributed by atoms with Gasteiger partial charge in [-0.15, -0.1) is 0 Å². The number of aromatic hydroxyl groups is 1. The second-order valence-electron chi connectivity index (χ2n) is 6.96. The number of hydrogen-bond donors (Lipinski definition) is 2. The second-order valence-corrected chi connectivity index (χ2v) is 8.33. The first-order valence-corrected chi connectivity index (χ1v) is 10.9. The fraction of sp³-hybridized carbons (Fsp3) is 0.182. The van der Waals surface area contributed by atoms with Crippen molar-refractivity contribution in [2.75, 3.05) is 11.1 Å². The molecule has 0 saturated heterocycles. The van der Waals surface area contributed by atoms with Crippen LogP contribution >= 0.6 is 23.4 Å². The SMILES string of the molecule is Cc1ccc(NC(=O)CSC(=Nc2ccccc2)c2c(O)n(C)c(=O)n(C)c2=O)cc1Cl. The van der Waals surface area contributed by atoms with Gasteiger partial charge in [-0.1, -0.05) is 47.6 Å². The molecule has 2 aromatic carbocycles. The highest BCUT2D eigenvalue weighted by Gasteiger charge is 2.22. The van der Waals surface area contributed by atoms with Gasteiger partial charge in [0.05, 0.1) is 11.4 Å². The van der Waals surface area contributed by atoms with Crippen LogP contribution < -0.4 is 16.6 Å². The molecule has 0 saturated carbocycles. The van der Waals surface area contributed by atoms with Crippen LogP contribution in [0.1, 0.15) is 11.1 Å². The highest BCUT2D eigenvalue weighted by atomic mass is 35.5. The summed E-state index contributed by atoms with van der Waals surface area (Å²) in [4.78, 5) is 41.9. The monoisotopic (exact) mass is 472 g/mol. The minimum atomic E-state index is -0.710. The Hall–Kier alpha value is -3.30. The molecular weight excluding hydrogens is 452 g/mol. The summed E-state index contributed by atoms with van der Waals surface area (Å²) >= 11 is 7.08. The van der Waals surface area contributed by atoms with E-state index in [1.54, 1.807) is 42.5 Å². The minimum Gasteiger partial charge on any atom is -0.494 e. The quantitative estimate of drug-likeness (QED) is 0.438. The lowest BCUT2D eigenvalue weighted by Crippen LogP contribution is -2.39. The minimum absolute atomic E-state index is 0.0946. The lowest BCUT2D eigenvalue weighted by Gasteiger charge is -2.12. The number of para-hydroxylation sites is 1. The Kier molecular flexibility index (Phi) is 7.22. The predicted octanol–water partition coefficient (Wildman–Crippen LogP) is 3.20. The molecule has 1 amide bonds. The summed E-state index contributed by atoms with van der Waals surface area (Å²) < 4.78 is 1.83. The average molecular weight is 473 g/mol. The molecule has 2 N–H and O–H groups in total. The molecule has 0 radical (unpaired) electrons. The summed E-state index contributed by atoms with van der Waals surface area (Å²) in [5, 5.41) is 13.9. The van der Waals surface area contributed by atoms with Crippen LogP contribution in [0.4, 0.5) is 11.4 Å². The van der Waals surface area contributed by atoms with Crippen molar-refractivity contribution in [3.8, 4) is 5.88 Å². The lowest BCUT2D eigenvalue weighted by atomic mass is 10.2. The third-order valence-corrected chi connectivity index (χ3v) is 6.01. The summed E-state index contributed by atoms with van der Waals surface area (Å²) in [5.74, 6) is -0.967. The van der Waals surface area contributed by atoms with E-state index in [2.05, 4.69) is 10.3 Å². The van der Waals surface area contributed by atoms with Crippen LogP contribution in [-0.4, -0.2) is 30.9 Å². The molecule has 0 aliphatic rings. The number of benzene rings is 2. The number of carbonyl (C=O) groups excluding carboxylic acids is 1. The molecule has 8 nitrogen and oxygen atoms in total. The first-order valence-electron chi connectivity index (χ1n) is 9.51. The van der Waals surface area contributed by atoms with Crippen molar-refractivity contribution in [3.05, 3.63) is 85.5 Å². The number of anilines is 1. The molecule has 0 aliphatic heterocycles. The van der Waals surface area contributed by atoms with Crippen LogP contribution in [-0.2, 0) is 18.9 Å². The van der Waals surface area contributed by atoms with Crippen molar-refractivity contribution in [1.29, 1.82) is 0 Å². The van der Waals surface area contributed by atoms with E-state index in [4.69, 9.17) is 11.6 Å². The van der Waals surface area contributed by atoms with Gasteiger partial charge in [0.2, 0.25) is 11.8 Å². The number of carbonyl (C=O) groups is 1. The number of nitrogens with one attached hydrogen (secondary N) is 1. The smallest absolute Gasteiger partial charge is 0.333 e. The van der Waals surface area contributed by atoms with Gasteiger partial charge in [-0.05, 0) is 36.8 Å². The van der Waals surface area contributed by atoms with Crippen LogP contribution in [0.15, 0.2) is 63.1 Å². The first-order chi connectivity index (χ1) is 15.2. The van der Waals surface area contributed by atoms with E-state index in [-0.39, 0.29) is 22.3 Å². The van der Waals surface area contributed by atoms with Crippen LogP contribution in [0.5, 0.6) is 5.88 Å². The number of aromatic nitrogens is 2. The molecule has 0 fully saturated rings. The number of amides is 1. The van der Waals surface area contributed by atoms with Gasteiger partial charge in [-0.3, -0.25) is 18.7 Å². The highest BCUT2D eigenvalue weighted by molar-refractivity contribution is 8.15. The van der Waals surface area contributed by atoms with E-state index in [0.717, 1.165) is 26.5 Å². The van der Waals surface area contributed by atoms with Gasteiger partial charge in [0, 0.05) is 24.8 Å². The Labute approximate surface area is 193 Å². The fourth-order valence-corrected chi connectivity index (χ4v) is 3.82. The Morgan fingerprint density at radius 3 is 2.47 bits per heavy atom. The number of hydrogen-bond acceptors (Lipinski definition) is 6. The molecule has 0 unspecified atom stereocenters. The van der Waals surface area contributed by atoms with Gasteiger partial charge < -0.3 is 10.4 Å². The number of aliphatic imine (C=N–C) groups is 1. The van der Waals surface area contributed by atoms with E-state index in [9.17, 15) is 19.5 Å². The highest BCUT2D eigenvalue weighted by Crippen LogP contribution is 2.24. The van der Waals surface area contributed by atoms with Crippen molar-refractivity contribution >= 4 is 45.7 Å². The number of thioether (sulfide) groups is 1. The maximum Gasteiger partial charge on any atom is 0.333 e. The van der Waals surface area contributed by atoms with Crippen molar-refractivity contribution < 1.29 is 9.90 Å². The standard InChI is InChI=1S/C22H21ClN4O4S/c1-13-9-10-15(11-16(13)23)24-17(28)12-32-19(25-14-7-5-4-6-8-14)18-20(29)26(2)22(31)27(3)21(18)30/h4-11,29H,12H2,1-3H3,(H,24,28). The Morgan fingerprint density at radius 1 is 1.12 bits per heavy atom. The molecule has 0 bridgehead atoms. The fourth-order valence-electron chi connectivity index (χ4n) is 2.80. The van der Waals surface area contributed by atoms with Gasteiger partial charge in [-0.25, -0.2) is 9.79 Å². The van der Waals surface area contributed by atoms with E-state index >= 15 is 0 Å². The molecule has 10 heteroatoms.